The summed E-state index contributed by atoms with van der Waals surface area (Å²) in [5.74, 6) is 0.664. The number of carbonyl (C=O) groups is 1. The molecule has 0 spiro atoms. The van der Waals surface area contributed by atoms with Gasteiger partial charge in [-0.3, -0.25) is 9.59 Å². The minimum absolute atomic E-state index is 0.0260. The van der Waals surface area contributed by atoms with E-state index in [0.29, 0.717) is 16.7 Å². The van der Waals surface area contributed by atoms with Crippen molar-refractivity contribution in [3.63, 3.8) is 0 Å². The van der Waals surface area contributed by atoms with Crippen LogP contribution in [0.3, 0.4) is 0 Å². The van der Waals surface area contributed by atoms with Gasteiger partial charge in [-0.2, -0.15) is 0 Å². The molecule has 0 saturated carbocycles. The molecule has 0 unspecified atom stereocenters. The van der Waals surface area contributed by atoms with Crippen LogP contribution in [-0.2, 0) is 11.3 Å². The normalized spacial score (nSPS) is 20.5. The van der Waals surface area contributed by atoms with E-state index in [1.807, 2.05) is 58.0 Å². The van der Waals surface area contributed by atoms with Gasteiger partial charge in [0.2, 0.25) is 5.91 Å². The molecule has 1 saturated heterocycles. The number of benzene rings is 2. The number of fused-ring (bicyclic) bond motifs is 2. The minimum Gasteiger partial charge on any atom is -0.338 e. The molecule has 128 valence electrons. The third-order valence-corrected chi connectivity index (χ3v) is 5.28. The number of aromatic nitrogens is 1. The van der Waals surface area contributed by atoms with E-state index in [0.717, 1.165) is 24.0 Å². The van der Waals surface area contributed by atoms with E-state index >= 15 is 0 Å². The Balaban J connectivity index is 1.87. The molecule has 2 heterocycles. The number of para-hydroxylation sites is 2. The van der Waals surface area contributed by atoms with Crippen molar-refractivity contribution >= 4 is 27.7 Å². The molecule has 0 bridgehead atoms. The SMILES string of the molecule is C[C@H]1C[C@@H](C)N(C(=O)Cn2c3ccccc3c(=O)c3ccccc32)C1. The first-order chi connectivity index (χ1) is 12.1. The highest BCUT2D eigenvalue weighted by Crippen LogP contribution is 2.24. The number of amides is 1. The van der Waals surface area contributed by atoms with Crippen LogP contribution in [0.5, 0.6) is 0 Å². The second-order valence-electron chi connectivity index (χ2n) is 7.19. The summed E-state index contributed by atoms with van der Waals surface area (Å²) < 4.78 is 1.99. The summed E-state index contributed by atoms with van der Waals surface area (Å²) >= 11 is 0. The third-order valence-electron chi connectivity index (χ3n) is 5.28. The summed E-state index contributed by atoms with van der Waals surface area (Å²) in [6.07, 6.45) is 1.05. The number of hydrogen-bond donors (Lipinski definition) is 0. The van der Waals surface area contributed by atoms with E-state index in [-0.39, 0.29) is 23.9 Å². The first kappa shape index (κ1) is 15.9. The molecule has 2 aromatic carbocycles. The zero-order chi connectivity index (χ0) is 17.6. The summed E-state index contributed by atoms with van der Waals surface area (Å²) in [4.78, 5) is 27.7. The lowest BCUT2D eigenvalue weighted by Gasteiger charge is -2.23. The van der Waals surface area contributed by atoms with Crippen LogP contribution >= 0.6 is 0 Å². The number of rotatable bonds is 2. The van der Waals surface area contributed by atoms with Crippen molar-refractivity contribution in [3.8, 4) is 0 Å². The van der Waals surface area contributed by atoms with E-state index in [1.54, 1.807) is 0 Å². The molecule has 0 N–H and O–H groups in total. The zero-order valence-corrected chi connectivity index (χ0v) is 14.6. The molecule has 2 atom stereocenters. The van der Waals surface area contributed by atoms with Gasteiger partial charge < -0.3 is 9.47 Å². The molecule has 25 heavy (non-hydrogen) atoms. The Labute approximate surface area is 146 Å². The summed E-state index contributed by atoms with van der Waals surface area (Å²) in [6, 6.07) is 15.4. The highest BCUT2D eigenvalue weighted by Gasteiger charge is 2.30. The number of carbonyl (C=O) groups excluding carboxylic acids is 1. The van der Waals surface area contributed by atoms with Crippen molar-refractivity contribution in [2.75, 3.05) is 6.54 Å². The molecule has 1 aliphatic heterocycles. The molecule has 1 amide bonds. The molecule has 4 nitrogen and oxygen atoms in total. The molecule has 1 aromatic heterocycles. The van der Waals surface area contributed by atoms with Gasteiger partial charge in [-0.25, -0.2) is 0 Å². The van der Waals surface area contributed by atoms with E-state index in [4.69, 9.17) is 0 Å². The van der Waals surface area contributed by atoms with E-state index in [2.05, 4.69) is 13.8 Å². The Morgan fingerprint density at radius 1 is 1.00 bits per heavy atom. The molecular weight excluding hydrogens is 312 g/mol. The average molecular weight is 334 g/mol. The quantitative estimate of drug-likeness (QED) is 0.674. The first-order valence-electron chi connectivity index (χ1n) is 8.86. The van der Waals surface area contributed by atoms with Crippen molar-refractivity contribution in [2.45, 2.75) is 32.9 Å². The second-order valence-corrected chi connectivity index (χ2v) is 7.19. The summed E-state index contributed by atoms with van der Waals surface area (Å²) in [5, 5.41) is 1.33. The number of hydrogen-bond acceptors (Lipinski definition) is 2. The standard InChI is InChI=1S/C21H22N2O2/c1-14-11-15(2)22(12-14)20(24)13-23-18-9-5-3-7-16(18)21(25)17-8-4-6-10-19(17)23/h3-10,14-15H,11-13H2,1-2H3/t14-,15+/m0/s1. The maximum absolute atomic E-state index is 13.0. The van der Waals surface area contributed by atoms with Crippen molar-refractivity contribution in [1.82, 2.24) is 9.47 Å². The predicted octanol–water partition coefficient (Wildman–Crippen LogP) is 3.41. The van der Waals surface area contributed by atoms with Gasteiger partial charge >= 0.3 is 0 Å². The maximum Gasteiger partial charge on any atom is 0.242 e. The van der Waals surface area contributed by atoms with Gasteiger partial charge in [-0.1, -0.05) is 31.2 Å². The Hall–Kier alpha value is -2.62. The molecule has 4 rings (SSSR count). The number of likely N-dealkylation sites (tertiary alicyclic amines) is 1. The van der Waals surface area contributed by atoms with Gasteiger partial charge in [0.15, 0.2) is 5.43 Å². The first-order valence-corrected chi connectivity index (χ1v) is 8.86. The van der Waals surface area contributed by atoms with Crippen LogP contribution in [0.4, 0.5) is 0 Å². The third kappa shape index (κ3) is 2.62. The zero-order valence-electron chi connectivity index (χ0n) is 14.6. The van der Waals surface area contributed by atoms with Crippen molar-refractivity contribution in [3.05, 3.63) is 58.8 Å². The molecule has 0 radical (unpaired) electrons. The van der Waals surface area contributed by atoms with Crippen molar-refractivity contribution in [1.29, 1.82) is 0 Å². The molecule has 3 aromatic rings. The fourth-order valence-corrected chi connectivity index (χ4v) is 4.12. The van der Waals surface area contributed by atoms with E-state index < -0.39 is 0 Å². The van der Waals surface area contributed by atoms with Crippen molar-refractivity contribution in [2.24, 2.45) is 5.92 Å². The summed E-state index contributed by atoms with van der Waals surface area (Å²) in [6.45, 7) is 5.38. The topological polar surface area (TPSA) is 42.3 Å². The van der Waals surface area contributed by atoms with E-state index in [9.17, 15) is 9.59 Å². The molecule has 1 aliphatic rings. The lowest BCUT2D eigenvalue weighted by Crippen LogP contribution is -2.36. The van der Waals surface area contributed by atoms with Gasteiger partial charge in [0.1, 0.15) is 6.54 Å². The highest BCUT2D eigenvalue weighted by molar-refractivity contribution is 5.94. The Morgan fingerprint density at radius 2 is 1.56 bits per heavy atom. The predicted molar refractivity (Wildman–Crippen MR) is 101 cm³/mol. The molecular formula is C21H22N2O2. The van der Waals surface area contributed by atoms with Crippen LogP contribution in [0.15, 0.2) is 53.3 Å². The Kier molecular flexibility index (Phi) is 3.83. The van der Waals surface area contributed by atoms with Crippen LogP contribution in [0.1, 0.15) is 20.3 Å². The smallest absolute Gasteiger partial charge is 0.242 e. The lowest BCUT2D eigenvalue weighted by atomic mass is 10.1. The summed E-state index contributed by atoms with van der Waals surface area (Å²) in [5.41, 5.74) is 1.66. The molecule has 4 heteroatoms. The lowest BCUT2D eigenvalue weighted by molar-refractivity contribution is -0.132. The van der Waals surface area contributed by atoms with Gasteiger partial charge in [0.25, 0.3) is 0 Å². The van der Waals surface area contributed by atoms with Gasteiger partial charge in [-0.15, -0.1) is 0 Å². The fraction of sp³-hybridized carbons (Fsp3) is 0.333. The largest absolute Gasteiger partial charge is 0.338 e. The van der Waals surface area contributed by atoms with E-state index in [1.165, 1.54) is 0 Å². The number of pyridine rings is 1. The number of nitrogens with zero attached hydrogens (tertiary/aromatic N) is 2. The van der Waals surface area contributed by atoms with Crippen LogP contribution in [0.25, 0.3) is 21.8 Å². The van der Waals surface area contributed by atoms with Crippen LogP contribution in [0.2, 0.25) is 0 Å². The highest BCUT2D eigenvalue weighted by atomic mass is 16.2. The minimum atomic E-state index is 0.0260. The molecule has 0 aliphatic carbocycles. The monoisotopic (exact) mass is 334 g/mol. The summed E-state index contributed by atoms with van der Waals surface area (Å²) in [7, 11) is 0. The fourth-order valence-electron chi connectivity index (χ4n) is 4.12. The van der Waals surface area contributed by atoms with Crippen LogP contribution in [-0.4, -0.2) is 28.0 Å². The second kappa shape index (κ2) is 6.03. The van der Waals surface area contributed by atoms with Crippen LogP contribution in [0, 0.1) is 5.92 Å². The van der Waals surface area contributed by atoms with Gasteiger partial charge in [-0.05, 0) is 43.5 Å². The van der Waals surface area contributed by atoms with Gasteiger partial charge in [0, 0.05) is 23.4 Å². The Morgan fingerprint density at radius 3 is 2.08 bits per heavy atom. The van der Waals surface area contributed by atoms with Crippen molar-refractivity contribution < 1.29 is 4.79 Å². The molecule has 1 fully saturated rings. The van der Waals surface area contributed by atoms with Crippen LogP contribution < -0.4 is 5.43 Å². The van der Waals surface area contributed by atoms with Gasteiger partial charge in [0.05, 0.1) is 11.0 Å². The maximum atomic E-state index is 13.0. The average Bonchev–Trinajstić information content (AvgIpc) is 2.97. The Bertz CT molecular complexity index is 961.